The van der Waals surface area contributed by atoms with Gasteiger partial charge >= 0.3 is 0 Å². The van der Waals surface area contributed by atoms with Crippen LogP contribution in [-0.4, -0.2) is 28.3 Å². The SMILES string of the molecule is c1ccc2c(c1)CN[C@@H](c1nc(C3CSCCO3)no1)C2. The van der Waals surface area contributed by atoms with Crippen molar-refractivity contribution < 1.29 is 9.26 Å². The Bertz CT molecular complexity index is 625. The van der Waals surface area contributed by atoms with Crippen molar-refractivity contribution in [3.63, 3.8) is 0 Å². The summed E-state index contributed by atoms with van der Waals surface area (Å²) in [6.45, 7) is 1.60. The molecule has 1 fully saturated rings. The highest BCUT2D eigenvalue weighted by molar-refractivity contribution is 7.99. The molecule has 0 amide bonds. The van der Waals surface area contributed by atoms with Gasteiger partial charge in [0.1, 0.15) is 6.10 Å². The summed E-state index contributed by atoms with van der Waals surface area (Å²) in [6, 6.07) is 8.57. The summed E-state index contributed by atoms with van der Waals surface area (Å²) in [5, 5.41) is 7.57. The van der Waals surface area contributed by atoms with E-state index in [9.17, 15) is 0 Å². The molecule has 1 N–H and O–H groups in total. The van der Waals surface area contributed by atoms with Gasteiger partial charge in [0, 0.05) is 18.1 Å². The van der Waals surface area contributed by atoms with Crippen molar-refractivity contribution >= 4 is 11.8 Å². The minimum Gasteiger partial charge on any atom is -0.368 e. The van der Waals surface area contributed by atoms with Crippen LogP contribution in [0.25, 0.3) is 0 Å². The molecule has 5 nitrogen and oxygen atoms in total. The second-order valence-electron chi connectivity index (χ2n) is 5.33. The fraction of sp³-hybridized carbons (Fsp3) is 0.467. The fourth-order valence-corrected chi connectivity index (χ4v) is 3.63. The van der Waals surface area contributed by atoms with Gasteiger partial charge < -0.3 is 14.6 Å². The van der Waals surface area contributed by atoms with E-state index in [0.717, 1.165) is 31.1 Å². The van der Waals surface area contributed by atoms with Gasteiger partial charge in [-0.1, -0.05) is 29.4 Å². The molecule has 4 rings (SSSR count). The molecule has 2 aliphatic heterocycles. The molecule has 21 heavy (non-hydrogen) atoms. The highest BCUT2D eigenvalue weighted by Gasteiger charge is 2.27. The number of aromatic nitrogens is 2. The van der Waals surface area contributed by atoms with Gasteiger partial charge in [-0.25, -0.2) is 0 Å². The molecule has 0 spiro atoms. The second-order valence-corrected chi connectivity index (χ2v) is 6.48. The van der Waals surface area contributed by atoms with Gasteiger partial charge in [-0.3, -0.25) is 0 Å². The molecule has 110 valence electrons. The van der Waals surface area contributed by atoms with Gasteiger partial charge in [0.15, 0.2) is 0 Å². The van der Waals surface area contributed by atoms with E-state index in [4.69, 9.17) is 9.26 Å². The molecule has 2 atom stereocenters. The van der Waals surface area contributed by atoms with E-state index in [1.807, 2.05) is 11.8 Å². The smallest absolute Gasteiger partial charge is 0.244 e. The van der Waals surface area contributed by atoms with E-state index < -0.39 is 0 Å². The topological polar surface area (TPSA) is 60.2 Å². The summed E-state index contributed by atoms with van der Waals surface area (Å²) in [7, 11) is 0. The minimum atomic E-state index is -0.0304. The maximum atomic E-state index is 5.69. The molecular formula is C15H17N3O2S. The maximum Gasteiger partial charge on any atom is 0.244 e. The minimum absolute atomic E-state index is 0.0304. The Morgan fingerprint density at radius 1 is 1.24 bits per heavy atom. The first kappa shape index (κ1) is 13.3. The van der Waals surface area contributed by atoms with Gasteiger partial charge in [-0.05, 0) is 17.5 Å². The number of ether oxygens (including phenoxy) is 1. The molecule has 1 saturated heterocycles. The molecule has 2 aliphatic rings. The van der Waals surface area contributed by atoms with E-state index in [0.29, 0.717) is 11.7 Å². The lowest BCUT2D eigenvalue weighted by molar-refractivity contribution is 0.0677. The third-order valence-corrected chi connectivity index (χ3v) is 4.93. The largest absolute Gasteiger partial charge is 0.368 e. The first-order valence-electron chi connectivity index (χ1n) is 7.23. The number of nitrogens with zero attached hydrogens (tertiary/aromatic N) is 2. The lowest BCUT2D eigenvalue weighted by Gasteiger charge is -2.23. The molecule has 0 aliphatic carbocycles. The summed E-state index contributed by atoms with van der Waals surface area (Å²) >= 11 is 1.87. The Balaban J connectivity index is 1.51. The molecule has 3 heterocycles. The summed E-state index contributed by atoms with van der Waals surface area (Å²) in [5.41, 5.74) is 2.70. The van der Waals surface area contributed by atoms with Crippen molar-refractivity contribution in [3.8, 4) is 0 Å². The second kappa shape index (κ2) is 5.79. The number of fused-ring (bicyclic) bond motifs is 1. The molecule has 6 heteroatoms. The lowest BCUT2D eigenvalue weighted by atomic mass is 9.96. The first-order chi connectivity index (χ1) is 10.4. The zero-order valence-electron chi connectivity index (χ0n) is 11.6. The first-order valence-corrected chi connectivity index (χ1v) is 8.38. The molecule has 0 radical (unpaired) electrons. The quantitative estimate of drug-likeness (QED) is 0.918. The van der Waals surface area contributed by atoms with Crippen LogP contribution in [0.4, 0.5) is 0 Å². The van der Waals surface area contributed by atoms with Crippen molar-refractivity contribution in [1.29, 1.82) is 0 Å². The van der Waals surface area contributed by atoms with E-state index in [-0.39, 0.29) is 12.1 Å². The highest BCUT2D eigenvalue weighted by Crippen LogP contribution is 2.28. The van der Waals surface area contributed by atoms with E-state index in [1.165, 1.54) is 11.1 Å². The molecule has 1 unspecified atom stereocenters. The number of thioether (sulfide) groups is 1. The molecule has 1 aromatic carbocycles. The Morgan fingerprint density at radius 2 is 2.14 bits per heavy atom. The average Bonchev–Trinajstić information content (AvgIpc) is 3.05. The van der Waals surface area contributed by atoms with Crippen LogP contribution in [0.5, 0.6) is 0 Å². The number of benzene rings is 1. The van der Waals surface area contributed by atoms with Crippen molar-refractivity contribution in [2.45, 2.75) is 25.1 Å². The Kier molecular flexibility index (Phi) is 3.67. The summed E-state index contributed by atoms with van der Waals surface area (Å²) in [5.74, 6) is 3.29. The van der Waals surface area contributed by atoms with Crippen molar-refractivity contribution in [2.24, 2.45) is 0 Å². The fourth-order valence-electron chi connectivity index (χ4n) is 2.79. The number of hydrogen-bond donors (Lipinski definition) is 1. The molecule has 2 aromatic rings. The summed E-state index contributed by atoms with van der Waals surface area (Å²) in [6.07, 6.45) is 0.857. The van der Waals surface area contributed by atoms with E-state index in [1.54, 1.807) is 0 Å². The van der Waals surface area contributed by atoms with Crippen LogP contribution < -0.4 is 5.32 Å². The normalized spacial score (nSPS) is 25.5. The van der Waals surface area contributed by atoms with Gasteiger partial charge in [-0.2, -0.15) is 16.7 Å². The molecule has 0 saturated carbocycles. The van der Waals surface area contributed by atoms with Gasteiger partial charge in [0.25, 0.3) is 0 Å². The van der Waals surface area contributed by atoms with Crippen LogP contribution in [0.3, 0.4) is 0 Å². The van der Waals surface area contributed by atoms with E-state index >= 15 is 0 Å². The Labute approximate surface area is 127 Å². The van der Waals surface area contributed by atoms with Crippen LogP contribution in [0.15, 0.2) is 28.8 Å². The summed E-state index contributed by atoms with van der Waals surface area (Å²) < 4.78 is 11.2. The average molecular weight is 303 g/mol. The molecule has 1 aromatic heterocycles. The van der Waals surface area contributed by atoms with Gasteiger partial charge in [0.05, 0.1) is 12.6 Å². The Hall–Kier alpha value is -1.37. The number of rotatable bonds is 2. The third kappa shape index (κ3) is 2.71. The highest BCUT2D eigenvalue weighted by atomic mass is 32.2. The Morgan fingerprint density at radius 3 is 3.00 bits per heavy atom. The van der Waals surface area contributed by atoms with Crippen LogP contribution in [-0.2, 0) is 17.7 Å². The predicted molar refractivity (Wildman–Crippen MR) is 80.0 cm³/mol. The van der Waals surface area contributed by atoms with Crippen LogP contribution in [0.2, 0.25) is 0 Å². The van der Waals surface area contributed by atoms with Gasteiger partial charge in [-0.15, -0.1) is 0 Å². The molecule has 0 bridgehead atoms. The van der Waals surface area contributed by atoms with Crippen molar-refractivity contribution in [2.75, 3.05) is 18.1 Å². The van der Waals surface area contributed by atoms with Crippen LogP contribution >= 0.6 is 11.8 Å². The van der Waals surface area contributed by atoms with Gasteiger partial charge in [0.2, 0.25) is 11.7 Å². The summed E-state index contributed by atoms with van der Waals surface area (Å²) in [4.78, 5) is 4.55. The molecular weight excluding hydrogens is 286 g/mol. The standard InChI is InChI=1S/C15H17N3O2S/c1-2-4-11-8-16-12(7-10(11)3-1)15-17-14(18-20-15)13-9-21-6-5-19-13/h1-4,12-13,16H,5-9H2/t12-,13?/m1/s1. The predicted octanol–water partition coefficient (Wildman–Crippen LogP) is 2.26. The maximum absolute atomic E-state index is 5.69. The van der Waals surface area contributed by atoms with Crippen LogP contribution in [0.1, 0.15) is 35.0 Å². The zero-order valence-corrected chi connectivity index (χ0v) is 12.4. The monoisotopic (exact) mass is 303 g/mol. The third-order valence-electron chi connectivity index (χ3n) is 3.94. The number of hydrogen-bond acceptors (Lipinski definition) is 6. The number of nitrogens with one attached hydrogen (secondary N) is 1. The van der Waals surface area contributed by atoms with Crippen LogP contribution in [0, 0.1) is 0 Å². The van der Waals surface area contributed by atoms with Crippen molar-refractivity contribution in [3.05, 3.63) is 47.1 Å². The van der Waals surface area contributed by atoms with E-state index in [2.05, 4.69) is 39.7 Å². The zero-order chi connectivity index (χ0) is 14.1. The lowest BCUT2D eigenvalue weighted by Crippen LogP contribution is -2.28. The van der Waals surface area contributed by atoms with Crippen molar-refractivity contribution in [1.82, 2.24) is 15.5 Å².